The minimum Gasteiger partial charge on any atom is -0.329 e. The van der Waals surface area contributed by atoms with Crippen molar-refractivity contribution in [2.75, 3.05) is 0 Å². The second-order valence-electron chi connectivity index (χ2n) is 5.31. The van der Waals surface area contributed by atoms with Crippen molar-refractivity contribution in [3.63, 3.8) is 0 Å². The number of carbonyl (C=O) groups is 1. The second kappa shape index (κ2) is 8.41. The first kappa shape index (κ1) is 19.2. The molecule has 0 unspecified atom stereocenters. The zero-order valence-electron chi connectivity index (χ0n) is 13.7. The van der Waals surface area contributed by atoms with Gasteiger partial charge in [-0.2, -0.15) is 13.2 Å². The number of pyridine rings is 1. The number of rotatable bonds is 5. The van der Waals surface area contributed by atoms with Crippen molar-refractivity contribution in [1.29, 1.82) is 0 Å². The molecule has 8 heteroatoms. The van der Waals surface area contributed by atoms with Crippen molar-refractivity contribution in [2.45, 2.75) is 15.4 Å². The SMILES string of the molecule is O=C(N/C=C/c1ccc(Sc2ccccn2)s1)c1cccc(C(F)(F)F)c1. The number of nitrogens with zero attached hydrogens (tertiary/aromatic N) is 1. The molecule has 0 atom stereocenters. The molecule has 3 nitrogen and oxygen atoms in total. The van der Waals surface area contributed by atoms with Crippen molar-refractivity contribution in [3.8, 4) is 0 Å². The van der Waals surface area contributed by atoms with Gasteiger partial charge in [-0.05, 0) is 48.5 Å². The number of carbonyl (C=O) groups excluding carboxylic acids is 1. The third kappa shape index (κ3) is 5.45. The predicted molar refractivity (Wildman–Crippen MR) is 101 cm³/mol. The molecule has 27 heavy (non-hydrogen) atoms. The average Bonchev–Trinajstić information content (AvgIpc) is 3.09. The smallest absolute Gasteiger partial charge is 0.329 e. The van der Waals surface area contributed by atoms with Gasteiger partial charge in [0, 0.05) is 22.8 Å². The Morgan fingerprint density at radius 1 is 1.11 bits per heavy atom. The van der Waals surface area contributed by atoms with Gasteiger partial charge in [-0.3, -0.25) is 4.79 Å². The van der Waals surface area contributed by atoms with Crippen molar-refractivity contribution in [2.24, 2.45) is 0 Å². The number of halogens is 3. The summed E-state index contributed by atoms with van der Waals surface area (Å²) < 4.78 is 39.2. The van der Waals surface area contributed by atoms with Crippen LogP contribution in [-0.2, 0) is 6.18 Å². The van der Waals surface area contributed by atoms with E-state index in [4.69, 9.17) is 0 Å². The number of hydrogen-bond donors (Lipinski definition) is 1. The predicted octanol–water partition coefficient (Wildman–Crippen LogP) is 5.71. The van der Waals surface area contributed by atoms with Crippen molar-refractivity contribution >= 4 is 35.1 Å². The summed E-state index contributed by atoms with van der Waals surface area (Å²) in [4.78, 5) is 17.2. The van der Waals surface area contributed by atoms with Crippen LogP contribution in [0.3, 0.4) is 0 Å². The summed E-state index contributed by atoms with van der Waals surface area (Å²) in [7, 11) is 0. The Bertz CT molecular complexity index is 953. The Kier molecular flexibility index (Phi) is 5.98. The third-order valence-corrected chi connectivity index (χ3v) is 5.49. The van der Waals surface area contributed by atoms with E-state index >= 15 is 0 Å². The summed E-state index contributed by atoms with van der Waals surface area (Å²) in [5.41, 5.74) is -0.902. The zero-order valence-corrected chi connectivity index (χ0v) is 15.4. The van der Waals surface area contributed by atoms with E-state index in [1.165, 1.54) is 41.4 Å². The van der Waals surface area contributed by atoms with E-state index in [1.807, 2.05) is 30.3 Å². The molecule has 138 valence electrons. The van der Waals surface area contributed by atoms with E-state index in [2.05, 4.69) is 10.3 Å². The fourth-order valence-electron chi connectivity index (χ4n) is 2.11. The topological polar surface area (TPSA) is 42.0 Å². The summed E-state index contributed by atoms with van der Waals surface area (Å²) in [5.74, 6) is -0.600. The van der Waals surface area contributed by atoms with E-state index in [9.17, 15) is 18.0 Å². The van der Waals surface area contributed by atoms with Gasteiger partial charge in [0.2, 0.25) is 0 Å². The van der Waals surface area contributed by atoms with Gasteiger partial charge >= 0.3 is 6.18 Å². The molecule has 0 saturated heterocycles. The molecule has 1 amide bonds. The highest BCUT2D eigenvalue weighted by Crippen LogP contribution is 2.32. The highest BCUT2D eigenvalue weighted by atomic mass is 32.2. The Labute approximate surface area is 162 Å². The molecule has 0 fully saturated rings. The number of amides is 1. The molecular formula is C19H13F3N2OS2. The molecule has 3 aromatic rings. The maximum absolute atomic E-state index is 12.7. The number of thiophene rings is 1. The summed E-state index contributed by atoms with van der Waals surface area (Å²) in [6.45, 7) is 0. The molecule has 1 aromatic carbocycles. The zero-order chi connectivity index (χ0) is 19.3. The molecular weight excluding hydrogens is 393 g/mol. The molecule has 0 radical (unpaired) electrons. The maximum atomic E-state index is 12.7. The normalized spacial score (nSPS) is 11.7. The number of benzene rings is 1. The molecule has 0 aliphatic rings. The van der Waals surface area contributed by atoms with Gasteiger partial charge in [0.25, 0.3) is 5.91 Å². The van der Waals surface area contributed by atoms with Crippen LogP contribution in [0.1, 0.15) is 20.8 Å². The van der Waals surface area contributed by atoms with Gasteiger partial charge in [0.15, 0.2) is 0 Å². The highest BCUT2D eigenvalue weighted by molar-refractivity contribution is 8.01. The average molecular weight is 406 g/mol. The summed E-state index contributed by atoms with van der Waals surface area (Å²) in [6, 6.07) is 13.8. The van der Waals surface area contributed by atoms with E-state index < -0.39 is 17.6 Å². The lowest BCUT2D eigenvalue weighted by atomic mass is 10.1. The maximum Gasteiger partial charge on any atom is 0.416 e. The quantitative estimate of drug-likeness (QED) is 0.590. The van der Waals surface area contributed by atoms with E-state index in [0.29, 0.717) is 0 Å². The monoisotopic (exact) mass is 406 g/mol. The van der Waals surface area contributed by atoms with Crippen LogP contribution in [0.2, 0.25) is 0 Å². The molecule has 0 aliphatic heterocycles. The highest BCUT2D eigenvalue weighted by Gasteiger charge is 2.30. The van der Waals surface area contributed by atoms with Gasteiger partial charge in [0.05, 0.1) is 9.77 Å². The van der Waals surface area contributed by atoms with Gasteiger partial charge in [-0.25, -0.2) is 4.98 Å². The molecule has 1 N–H and O–H groups in total. The third-order valence-electron chi connectivity index (χ3n) is 3.36. The first-order valence-corrected chi connectivity index (χ1v) is 9.38. The summed E-state index contributed by atoms with van der Waals surface area (Å²) >= 11 is 3.05. The van der Waals surface area contributed by atoms with Crippen LogP contribution >= 0.6 is 23.1 Å². The van der Waals surface area contributed by atoms with Crippen LogP contribution in [0.15, 0.2) is 76.2 Å². The molecule has 2 aromatic heterocycles. The Hall–Kier alpha value is -2.58. The van der Waals surface area contributed by atoms with Crippen molar-refractivity contribution < 1.29 is 18.0 Å². The van der Waals surface area contributed by atoms with Crippen LogP contribution in [0.5, 0.6) is 0 Å². The summed E-state index contributed by atoms with van der Waals surface area (Å²) in [6.07, 6.45) is 0.354. The van der Waals surface area contributed by atoms with Crippen LogP contribution < -0.4 is 5.32 Å². The number of nitrogens with one attached hydrogen (secondary N) is 1. The molecule has 0 spiro atoms. The fourth-order valence-corrected chi connectivity index (χ4v) is 4.06. The Balaban J connectivity index is 1.60. The van der Waals surface area contributed by atoms with Crippen molar-refractivity contribution in [3.05, 3.63) is 83.0 Å². The lowest BCUT2D eigenvalue weighted by molar-refractivity contribution is -0.137. The van der Waals surface area contributed by atoms with E-state index in [0.717, 1.165) is 26.2 Å². The van der Waals surface area contributed by atoms with Crippen LogP contribution in [0.4, 0.5) is 13.2 Å². The lowest BCUT2D eigenvalue weighted by Crippen LogP contribution is -2.17. The molecule has 2 heterocycles. The van der Waals surface area contributed by atoms with Crippen molar-refractivity contribution in [1.82, 2.24) is 10.3 Å². The fraction of sp³-hybridized carbons (Fsp3) is 0.0526. The Morgan fingerprint density at radius 2 is 1.96 bits per heavy atom. The lowest BCUT2D eigenvalue weighted by Gasteiger charge is -2.07. The van der Waals surface area contributed by atoms with Crippen LogP contribution in [0.25, 0.3) is 6.08 Å². The van der Waals surface area contributed by atoms with Gasteiger partial charge in [-0.1, -0.05) is 23.9 Å². The van der Waals surface area contributed by atoms with Crippen LogP contribution in [0, 0.1) is 0 Å². The van der Waals surface area contributed by atoms with Gasteiger partial charge in [0.1, 0.15) is 5.03 Å². The number of aromatic nitrogens is 1. The van der Waals surface area contributed by atoms with E-state index in [-0.39, 0.29) is 5.56 Å². The molecule has 0 aliphatic carbocycles. The molecule has 0 bridgehead atoms. The number of hydrogen-bond acceptors (Lipinski definition) is 4. The van der Waals surface area contributed by atoms with Crippen LogP contribution in [-0.4, -0.2) is 10.9 Å². The van der Waals surface area contributed by atoms with Gasteiger partial charge < -0.3 is 5.32 Å². The van der Waals surface area contributed by atoms with E-state index in [1.54, 1.807) is 12.3 Å². The minimum atomic E-state index is -4.48. The molecule has 3 rings (SSSR count). The minimum absolute atomic E-state index is 0.0490. The Morgan fingerprint density at radius 3 is 2.70 bits per heavy atom. The first-order chi connectivity index (χ1) is 12.9. The second-order valence-corrected chi connectivity index (χ2v) is 7.75. The van der Waals surface area contributed by atoms with Gasteiger partial charge in [-0.15, -0.1) is 11.3 Å². The standard InChI is InChI=1S/C19H13F3N2OS2/c20-19(21,22)14-5-3-4-13(12-14)18(25)24-11-9-15-7-8-17(26-15)27-16-6-1-2-10-23-16/h1-12H,(H,24,25)/b11-9+. The number of alkyl halides is 3. The first-order valence-electron chi connectivity index (χ1n) is 7.75. The largest absolute Gasteiger partial charge is 0.416 e. The summed E-state index contributed by atoms with van der Waals surface area (Å²) in [5, 5.41) is 3.37. The molecule has 0 saturated carbocycles.